The molecule has 0 aliphatic rings. The molecule has 0 aliphatic carbocycles. The lowest BCUT2D eigenvalue weighted by atomic mass is 10.1. The van der Waals surface area contributed by atoms with Gasteiger partial charge in [0.25, 0.3) is 0 Å². The van der Waals surface area contributed by atoms with Crippen molar-refractivity contribution in [3.05, 3.63) is 22.3 Å². The number of hydrogen-bond acceptors (Lipinski definition) is 5. The van der Waals surface area contributed by atoms with Crippen molar-refractivity contribution in [1.29, 1.82) is 0 Å². The Kier molecular flexibility index (Phi) is 6.05. The minimum absolute atomic E-state index is 0.0844. The van der Waals surface area contributed by atoms with Crippen LogP contribution in [0.3, 0.4) is 0 Å². The maximum absolute atomic E-state index is 11.8. The van der Waals surface area contributed by atoms with Gasteiger partial charge in [-0.2, -0.15) is 0 Å². The molecule has 1 rings (SSSR count). The fourth-order valence-electron chi connectivity index (χ4n) is 1.32. The lowest BCUT2D eigenvalue weighted by molar-refractivity contribution is -0.157. The second kappa shape index (κ2) is 7.31. The Labute approximate surface area is 120 Å². The third kappa shape index (κ3) is 4.36. The van der Waals surface area contributed by atoms with E-state index in [1.807, 2.05) is 0 Å². The highest BCUT2D eigenvalue weighted by molar-refractivity contribution is 6.35. The minimum atomic E-state index is -0.992. The Balaban J connectivity index is 2.79. The predicted molar refractivity (Wildman–Crippen MR) is 70.3 cm³/mol. The van der Waals surface area contributed by atoms with E-state index in [1.54, 1.807) is 13.8 Å². The molecule has 19 heavy (non-hydrogen) atoms. The summed E-state index contributed by atoms with van der Waals surface area (Å²) < 4.78 is 9.77. The second-order valence-electron chi connectivity index (χ2n) is 3.57. The number of carbonyl (C=O) groups is 2. The van der Waals surface area contributed by atoms with Crippen LogP contribution in [0.5, 0.6) is 5.88 Å². The Morgan fingerprint density at radius 3 is 2.53 bits per heavy atom. The van der Waals surface area contributed by atoms with E-state index in [0.717, 1.165) is 0 Å². The smallest absolute Gasteiger partial charge is 0.327 e. The molecule has 0 N–H and O–H groups in total. The SMILES string of the molecule is CCOC(=O)C(CC)C(=O)Oc1ncc(Cl)cc1Cl. The van der Waals surface area contributed by atoms with Crippen molar-refractivity contribution < 1.29 is 19.1 Å². The van der Waals surface area contributed by atoms with Crippen LogP contribution in [0.1, 0.15) is 20.3 Å². The van der Waals surface area contributed by atoms with Crippen molar-refractivity contribution in [1.82, 2.24) is 4.98 Å². The molecule has 0 amide bonds. The maximum Gasteiger partial charge on any atom is 0.327 e. The zero-order chi connectivity index (χ0) is 14.4. The Bertz CT molecular complexity index is 479. The number of aromatic nitrogens is 1. The molecule has 1 heterocycles. The standard InChI is InChI=1S/C12H13Cl2NO4/c1-3-8(11(16)18-4-2)12(17)19-10-9(14)5-7(13)6-15-10/h5-6,8H,3-4H2,1-2H3. The normalized spacial score (nSPS) is 11.8. The van der Waals surface area contributed by atoms with E-state index in [-0.39, 0.29) is 23.9 Å². The predicted octanol–water partition coefficient (Wildman–Crippen LogP) is 2.88. The summed E-state index contributed by atoms with van der Waals surface area (Å²) in [4.78, 5) is 27.2. The van der Waals surface area contributed by atoms with Crippen molar-refractivity contribution in [2.24, 2.45) is 5.92 Å². The van der Waals surface area contributed by atoms with E-state index >= 15 is 0 Å². The summed E-state index contributed by atoms with van der Waals surface area (Å²) in [5.74, 6) is -2.45. The van der Waals surface area contributed by atoms with E-state index in [2.05, 4.69) is 4.98 Å². The molecule has 1 atom stereocenters. The molecule has 7 heteroatoms. The summed E-state index contributed by atoms with van der Waals surface area (Å²) in [6.07, 6.45) is 1.56. The van der Waals surface area contributed by atoms with Gasteiger partial charge in [-0.25, -0.2) is 4.98 Å². The van der Waals surface area contributed by atoms with E-state index < -0.39 is 17.9 Å². The number of halogens is 2. The number of esters is 2. The molecule has 1 unspecified atom stereocenters. The first-order chi connectivity index (χ1) is 8.99. The monoisotopic (exact) mass is 305 g/mol. The highest BCUT2D eigenvalue weighted by atomic mass is 35.5. The average molecular weight is 306 g/mol. The fourth-order valence-corrected chi connectivity index (χ4v) is 1.73. The van der Waals surface area contributed by atoms with E-state index in [9.17, 15) is 9.59 Å². The Hall–Kier alpha value is -1.33. The number of rotatable bonds is 5. The van der Waals surface area contributed by atoms with Gasteiger partial charge >= 0.3 is 11.9 Å². The summed E-state index contributed by atoms with van der Waals surface area (Å²) in [5.41, 5.74) is 0. The first kappa shape index (κ1) is 15.7. The lowest BCUT2D eigenvalue weighted by Gasteiger charge is -2.12. The van der Waals surface area contributed by atoms with Crippen molar-refractivity contribution >= 4 is 35.1 Å². The van der Waals surface area contributed by atoms with Gasteiger partial charge in [0.05, 0.1) is 11.6 Å². The van der Waals surface area contributed by atoms with Gasteiger partial charge in [-0.15, -0.1) is 0 Å². The van der Waals surface area contributed by atoms with Crippen LogP contribution in [0, 0.1) is 5.92 Å². The summed E-state index contributed by atoms with van der Waals surface area (Å²) >= 11 is 11.5. The van der Waals surface area contributed by atoms with Gasteiger partial charge in [0.2, 0.25) is 5.88 Å². The van der Waals surface area contributed by atoms with Crippen molar-refractivity contribution in [3.63, 3.8) is 0 Å². The van der Waals surface area contributed by atoms with Crippen molar-refractivity contribution in [2.75, 3.05) is 6.61 Å². The van der Waals surface area contributed by atoms with Crippen LogP contribution in [0.25, 0.3) is 0 Å². The Morgan fingerprint density at radius 2 is 2.00 bits per heavy atom. The summed E-state index contributed by atoms with van der Waals surface area (Å²) in [5, 5.41) is 0.418. The van der Waals surface area contributed by atoms with Crippen LogP contribution in [0.4, 0.5) is 0 Å². The van der Waals surface area contributed by atoms with Crippen LogP contribution >= 0.6 is 23.2 Å². The molecule has 1 aromatic rings. The molecule has 0 saturated carbocycles. The molecule has 0 radical (unpaired) electrons. The molecule has 0 saturated heterocycles. The average Bonchev–Trinajstić information content (AvgIpc) is 2.34. The zero-order valence-corrected chi connectivity index (χ0v) is 12.0. The number of pyridine rings is 1. The second-order valence-corrected chi connectivity index (χ2v) is 4.42. The lowest BCUT2D eigenvalue weighted by Crippen LogP contribution is -2.29. The fraction of sp³-hybridized carbons (Fsp3) is 0.417. The quantitative estimate of drug-likeness (QED) is 0.618. The zero-order valence-electron chi connectivity index (χ0n) is 10.5. The molecule has 0 spiro atoms. The molecular formula is C12H13Cl2NO4. The van der Waals surface area contributed by atoms with Gasteiger partial charge in [-0.1, -0.05) is 30.1 Å². The molecule has 0 aliphatic heterocycles. The first-order valence-electron chi connectivity index (χ1n) is 5.68. The van der Waals surface area contributed by atoms with Crippen molar-refractivity contribution in [2.45, 2.75) is 20.3 Å². The molecule has 0 aromatic carbocycles. The van der Waals surface area contributed by atoms with Crippen LogP contribution in [-0.2, 0) is 14.3 Å². The molecule has 104 valence electrons. The summed E-state index contributed by atoms with van der Waals surface area (Å²) in [6.45, 7) is 3.54. The van der Waals surface area contributed by atoms with Crippen molar-refractivity contribution in [3.8, 4) is 5.88 Å². The third-order valence-corrected chi connectivity index (χ3v) is 2.71. The number of nitrogens with zero attached hydrogens (tertiary/aromatic N) is 1. The van der Waals surface area contributed by atoms with Gasteiger partial charge in [0.1, 0.15) is 5.02 Å². The minimum Gasteiger partial charge on any atom is -0.465 e. The number of ether oxygens (including phenoxy) is 2. The molecule has 0 fully saturated rings. The van der Waals surface area contributed by atoms with Gasteiger partial charge in [-0.3, -0.25) is 9.59 Å². The maximum atomic E-state index is 11.8. The van der Waals surface area contributed by atoms with Crippen LogP contribution in [0.15, 0.2) is 12.3 Å². The van der Waals surface area contributed by atoms with Gasteiger partial charge in [0.15, 0.2) is 5.92 Å². The van der Waals surface area contributed by atoms with Crippen LogP contribution in [0.2, 0.25) is 10.0 Å². The number of hydrogen-bond donors (Lipinski definition) is 0. The number of carbonyl (C=O) groups excluding carboxylic acids is 2. The Morgan fingerprint density at radius 1 is 1.32 bits per heavy atom. The van der Waals surface area contributed by atoms with E-state index in [0.29, 0.717) is 5.02 Å². The van der Waals surface area contributed by atoms with Crippen LogP contribution < -0.4 is 4.74 Å². The van der Waals surface area contributed by atoms with Crippen LogP contribution in [-0.4, -0.2) is 23.5 Å². The highest BCUT2D eigenvalue weighted by Crippen LogP contribution is 2.25. The van der Waals surface area contributed by atoms with Gasteiger partial charge in [0, 0.05) is 6.20 Å². The van der Waals surface area contributed by atoms with Gasteiger partial charge < -0.3 is 9.47 Å². The molecule has 0 bridgehead atoms. The molecular weight excluding hydrogens is 293 g/mol. The van der Waals surface area contributed by atoms with Gasteiger partial charge in [-0.05, 0) is 19.4 Å². The summed E-state index contributed by atoms with van der Waals surface area (Å²) in [7, 11) is 0. The largest absolute Gasteiger partial charge is 0.465 e. The highest BCUT2D eigenvalue weighted by Gasteiger charge is 2.29. The van der Waals surface area contributed by atoms with E-state index in [1.165, 1.54) is 12.3 Å². The summed E-state index contributed by atoms with van der Waals surface area (Å²) in [6, 6.07) is 1.39. The molecule has 1 aromatic heterocycles. The van der Waals surface area contributed by atoms with E-state index in [4.69, 9.17) is 32.7 Å². The third-order valence-electron chi connectivity index (χ3n) is 2.24. The molecule has 5 nitrogen and oxygen atoms in total. The first-order valence-corrected chi connectivity index (χ1v) is 6.44. The topological polar surface area (TPSA) is 65.5 Å².